The molecule has 0 saturated carbocycles. The molecule has 62 valence electrons. The first kappa shape index (κ1) is 12.3. The molecule has 0 aliphatic rings. The molecule has 3 N–H and O–H groups in total. The lowest BCUT2D eigenvalue weighted by molar-refractivity contribution is -0.137. The van der Waals surface area contributed by atoms with Gasteiger partial charge >= 0.3 is 13.8 Å². The molecule has 10 heavy (non-hydrogen) atoms. The minimum atomic E-state index is -4.64. The van der Waals surface area contributed by atoms with Crippen LogP contribution in [0.15, 0.2) is 0 Å². The highest BCUT2D eigenvalue weighted by Crippen LogP contribution is 2.25. The van der Waals surface area contributed by atoms with Crippen LogP contribution in [0.25, 0.3) is 0 Å². The van der Waals surface area contributed by atoms with E-state index in [0.717, 1.165) is 0 Å². The van der Waals surface area contributed by atoms with Crippen molar-refractivity contribution >= 4 is 13.8 Å². The highest BCUT2D eigenvalue weighted by Gasteiger charge is 2.00. The largest absolute Gasteiger partial charge is 0.469 e. The normalized spacial score (nSPS) is 9.30. The van der Waals surface area contributed by atoms with Crippen LogP contribution in [0.4, 0.5) is 0 Å². The fourth-order valence-electron chi connectivity index (χ4n) is 0. The van der Waals surface area contributed by atoms with Crippen molar-refractivity contribution in [1.82, 2.24) is 0 Å². The average molecular weight is 172 g/mol. The van der Waals surface area contributed by atoms with Crippen LogP contribution in [0.2, 0.25) is 0 Å². The fraction of sp³-hybridized carbons (Fsp3) is 0.667. The number of phosphoric acid groups is 1. The van der Waals surface area contributed by atoms with E-state index in [-0.39, 0.29) is 5.97 Å². The monoisotopic (exact) mass is 172 g/mol. The quantitative estimate of drug-likeness (QED) is 0.328. The van der Waals surface area contributed by atoms with Gasteiger partial charge in [0, 0.05) is 6.92 Å². The molecule has 0 radical (unpaired) electrons. The van der Waals surface area contributed by atoms with Crippen LogP contribution in [0.5, 0.6) is 0 Å². The van der Waals surface area contributed by atoms with E-state index in [2.05, 4.69) is 4.74 Å². The van der Waals surface area contributed by atoms with E-state index in [1.54, 1.807) is 0 Å². The zero-order valence-electron chi connectivity index (χ0n) is 5.51. The number of methoxy groups -OCH3 is 1. The Labute approximate surface area is 57.7 Å². The number of hydrogen-bond acceptors (Lipinski definition) is 3. The van der Waals surface area contributed by atoms with Gasteiger partial charge in [-0.3, -0.25) is 4.79 Å². The molecule has 6 nitrogen and oxygen atoms in total. The Balaban J connectivity index is 0. The second kappa shape index (κ2) is 5.37. The molecule has 0 fully saturated rings. The van der Waals surface area contributed by atoms with Crippen molar-refractivity contribution in [1.29, 1.82) is 0 Å². The molecule has 0 aromatic rings. The Morgan fingerprint density at radius 1 is 1.40 bits per heavy atom. The summed E-state index contributed by atoms with van der Waals surface area (Å²) in [5, 5.41) is 0. The van der Waals surface area contributed by atoms with Gasteiger partial charge in [0.05, 0.1) is 7.11 Å². The van der Waals surface area contributed by atoms with Crippen LogP contribution < -0.4 is 0 Å². The highest BCUT2D eigenvalue weighted by atomic mass is 31.2. The summed E-state index contributed by atoms with van der Waals surface area (Å²) < 4.78 is 13.0. The van der Waals surface area contributed by atoms with Gasteiger partial charge in [0.2, 0.25) is 0 Å². The smallest absolute Gasteiger partial charge is 0.466 e. The minimum absolute atomic E-state index is 0.245. The zero-order chi connectivity index (χ0) is 8.78. The summed E-state index contributed by atoms with van der Waals surface area (Å²) in [6.07, 6.45) is 0. The molecule has 0 rings (SSSR count). The molecule has 0 aliphatic heterocycles. The molecule has 0 bridgehead atoms. The standard InChI is InChI=1S/C3H6O2.H3O4P/c1-3(4)5-2;1-5(2,3)4/h1-2H3;(H3,1,2,3,4). The third kappa shape index (κ3) is 131. The second-order valence-corrected chi connectivity index (χ2v) is 2.24. The van der Waals surface area contributed by atoms with Crippen LogP contribution in [-0.2, 0) is 14.1 Å². The molecule has 0 spiro atoms. The van der Waals surface area contributed by atoms with Crippen molar-refractivity contribution in [3.8, 4) is 0 Å². The zero-order valence-corrected chi connectivity index (χ0v) is 6.41. The average Bonchev–Trinajstić information content (AvgIpc) is 1.61. The van der Waals surface area contributed by atoms with Crippen molar-refractivity contribution in [2.45, 2.75) is 6.92 Å². The first-order chi connectivity index (χ1) is 4.27. The fourth-order valence-corrected chi connectivity index (χ4v) is 0. The van der Waals surface area contributed by atoms with Crippen LogP contribution in [0.3, 0.4) is 0 Å². The lowest BCUT2D eigenvalue weighted by Crippen LogP contribution is -1.88. The highest BCUT2D eigenvalue weighted by molar-refractivity contribution is 7.45. The minimum Gasteiger partial charge on any atom is -0.469 e. The predicted octanol–water partition coefficient (Wildman–Crippen LogP) is -0.749. The molecule has 0 saturated heterocycles. The van der Waals surface area contributed by atoms with Gasteiger partial charge in [-0.25, -0.2) is 4.57 Å². The maximum absolute atomic E-state index is 9.59. The number of esters is 1. The van der Waals surface area contributed by atoms with Gasteiger partial charge in [0.1, 0.15) is 0 Å². The summed E-state index contributed by atoms with van der Waals surface area (Å²) in [5.74, 6) is -0.245. The van der Waals surface area contributed by atoms with Gasteiger partial charge in [0.15, 0.2) is 0 Å². The van der Waals surface area contributed by atoms with E-state index in [4.69, 9.17) is 19.2 Å². The molecule has 0 atom stereocenters. The van der Waals surface area contributed by atoms with Crippen LogP contribution >= 0.6 is 7.82 Å². The molecule has 0 unspecified atom stereocenters. The Morgan fingerprint density at radius 3 is 1.50 bits per heavy atom. The van der Waals surface area contributed by atoms with E-state index in [1.807, 2.05) is 0 Å². The van der Waals surface area contributed by atoms with Gasteiger partial charge in [-0.2, -0.15) is 0 Å². The van der Waals surface area contributed by atoms with E-state index in [0.29, 0.717) is 0 Å². The maximum atomic E-state index is 9.59. The van der Waals surface area contributed by atoms with Crippen molar-refractivity contribution in [2.75, 3.05) is 7.11 Å². The van der Waals surface area contributed by atoms with Gasteiger partial charge in [-0.1, -0.05) is 0 Å². The van der Waals surface area contributed by atoms with E-state index < -0.39 is 7.82 Å². The van der Waals surface area contributed by atoms with Gasteiger partial charge in [-0.15, -0.1) is 0 Å². The summed E-state index contributed by atoms with van der Waals surface area (Å²) in [6.45, 7) is 1.36. The maximum Gasteiger partial charge on any atom is 0.466 e. The first-order valence-corrected chi connectivity index (χ1v) is 3.66. The van der Waals surface area contributed by atoms with Crippen molar-refractivity contribution in [3.05, 3.63) is 0 Å². The lowest BCUT2D eigenvalue weighted by Gasteiger charge is -1.82. The van der Waals surface area contributed by atoms with Gasteiger partial charge in [0.25, 0.3) is 0 Å². The molecule has 0 amide bonds. The Bertz CT molecular complexity index is 128. The van der Waals surface area contributed by atoms with E-state index in [1.165, 1.54) is 14.0 Å². The summed E-state index contributed by atoms with van der Waals surface area (Å²) in [6, 6.07) is 0. The molecule has 0 aliphatic carbocycles. The number of ether oxygens (including phenoxy) is 1. The Kier molecular flexibility index (Phi) is 6.59. The first-order valence-electron chi connectivity index (χ1n) is 2.10. The van der Waals surface area contributed by atoms with Gasteiger partial charge in [-0.05, 0) is 0 Å². The van der Waals surface area contributed by atoms with E-state index >= 15 is 0 Å². The van der Waals surface area contributed by atoms with Crippen LogP contribution in [0.1, 0.15) is 6.92 Å². The predicted molar refractivity (Wildman–Crippen MR) is 32.0 cm³/mol. The van der Waals surface area contributed by atoms with Crippen molar-refractivity contribution in [3.63, 3.8) is 0 Å². The third-order valence-electron chi connectivity index (χ3n) is 0.287. The summed E-state index contributed by atoms with van der Waals surface area (Å²) >= 11 is 0. The molecule has 0 aromatic carbocycles. The summed E-state index contributed by atoms with van der Waals surface area (Å²) in [5.41, 5.74) is 0. The van der Waals surface area contributed by atoms with Crippen LogP contribution in [-0.4, -0.2) is 27.8 Å². The van der Waals surface area contributed by atoms with Crippen molar-refractivity contribution < 1.29 is 28.8 Å². The number of rotatable bonds is 0. The number of carbonyl (C=O) groups is 1. The number of carbonyl (C=O) groups excluding carboxylic acids is 1. The molecule has 7 heteroatoms. The molecular formula is C3H9O6P. The van der Waals surface area contributed by atoms with Crippen molar-refractivity contribution in [2.24, 2.45) is 0 Å². The molecule has 0 heterocycles. The topological polar surface area (TPSA) is 104 Å². The summed E-state index contributed by atoms with van der Waals surface area (Å²) in [4.78, 5) is 31.2. The van der Waals surface area contributed by atoms with Crippen LogP contribution in [0, 0.1) is 0 Å². The lowest BCUT2D eigenvalue weighted by atomic mass is 10.8. The second-order valence-electron chi connectivity index (χ2n) is 1.21. The molecular weight excluding hydrogens is 163 g/mol. The van der Waals surface area contributed by atoms with E-state index in [9.17, 15) is 4.79 Å². The Morgan fingerprint density at radius 2 is 1.50 bits per heavy atom. The number of hydrogen-bond donors (Lipinski definition) is 3. The molecule has 0 aromatic heterocycles. The summed E-state index contributed by atoms with van der Waals surface area (Å²) in [7, 11) is -3.29. The van der Waals surface area contributed by atoms with Gasteiger partial charge < -0.3 is 19.4 Å². The Hall–Kier alpha value is -0.420. The SMILES string of the molecule is COC(C)=O.O=P(O)(O)O. The third-order valence-corrected chi connectivity index (χ3v) is 0.287.